The van der Waals surface area contributed by atoms with Crippen molar-refractivity contribution in [1.82, 2.24) is 4.98 Å². The SMILES string of the molecule is C=CCc1ccc(-c2ccc(-c3ccc(/C=C/CCCC(C)O)c(F)c3)cc2)nc1. The molecule has 30 heavy (non-hydrogen) atoms. The minimum Gasteiger partial charge on any atom is -0.393 e. The summed E-state index contributed by atoms with van der Waals surface area (Å²) < 4.78 is 14.5. The number of allylic oxidation sites excluding steroid dienone is 2. The maximum absolute atomic E-state index is 14.5. The summed E-state index contributed by atoms with van der Waals surface area (Å²) in [4.78, 5) is 4.52. The fourth-order valence-corrected chi connectivity index (χ4v) is 3.30. The summed E-state index contributed by atoms with van der Waals surface area (Å²) in [5.41, 5.74) is 5.47. The summed E-state index contributed by atoms with van der Waals surface area (Å²) >= 11 is 0. The Kier molecular flexibility index (Phi) is 7.69. The van der Waals surface area contributed by atoms with Crippen LogP contribution in [0.2, 0.25) is 0 Å². The number of aliphatic hydroxyl groups excluding tert-OH is 1. The third kappa shape index (κ3) is 5.98. The van der Waals surface area contributed by atoms with Crippen molar-refractivity contribution in [3.05, 3.63) is 96.5 Å². The van der Waals surface area contributed by atoms with Crippen LogP contribution in [0.3, 0.4) is 0 Å². The minimum atomic E-state index is -0.284. The van der Waals surface area contributed by atoms with Gasteiger partial charge >= 0.3 is 0 Å². The number of pyridine rings is 1. The summed E-state index contributed by atoms with van der Waals surface area (Å²) in [6, 6.07) is 17.4. The highest BCUT2D eigenvalue weighted by Gasteiger charge is 2.05. The molecule has 154 valence electrons. The van der Waals surface area contributed by atoms with Crippen molar-refractivity contribution in [1.29, 1.82) is 0 Å². The Hall–Kier alpha value is -3.04. The van der Waals surface area contributed by atoms with Gasteiger partial charge < -0.3 is 5.11 Å². The fraction of sp³-hybridized carbons (Fsp3) is 0.222. The first-order chi connectivity index (χ1) is 14.6. The van der Waals surface area contributed by atoms with Crippen LogP contribution in [0.25, 0.3) is 28.5 Å². The van der Waals surface area contributed by atoms with Gasteiger partial charge in [0, 0.05) is 17.3 Å². The van der Waals surface area contributed by atoms with Gasteiger partial charge in [-0.15, -0.1) is 6.58 Å². The average Bonchev–Trinajstić information content (AvgIpc) is 2.75. The molecule has 1 atom stereocenters. The highest BCUT2D eigenvalue weighted by atomic mass is 19.1. The molecule has 1 heterocycles. The van der Waals surface area contributed by atoms with Crippen LogP contribution in [0.1, 0.15) is 37.3 Å². The Balaban J connectivity index is 1.68. The van der Waals surface area contributed by atoms with Crippen LogP contribution in [0.4, 0.5) is 4.39 Å². The van der Waals surface area contributed by atoms with E-state index in [0.717, 1.165) is 53.6 Å². The van der Waals surface area contributed by atoms with Gasteiger partial charge in [0.05, 0.1) is 11.8 Å². The maximum atomic E-state index is 14.5. The normalized spacial score (nSPS) is 12.2. The molecule has 0 aliphatic heterocycles. The van der Waals surface area contributed by atoms with Gasteiger partial charge in [-0.05, 0) is 61.4 Å². The Morgan fingerprint density at radius 2 is 1.77 bits per heavy atom. The zero-order valence-corrected chi connectivity index (χ0v) is 17.4. The van der Waals surface area contributed by atoms with Crippen molar-refractivity contribution in [2.45, 2.75) is 38.7 Å². The van der Waals surface area contributed by atoms with E-state index >= 15 is 0 Å². The van der Waals surface area contributed by atoms with E-state index in [4.69, 9.17) is 0 Å². The first-order valence-electron chi connectivity index (χ1n) is 10.4. The first-order valence-corrected chi connectivity index (χ1v) is 10.4. The van der Waals surface area contributed by atoms with Crippen molar-refractivity contribution < 1.29 is 9.50 Å². The van der Waals surface area contributed by atoms with Crippen LogP contribution in [0.15, 0.2) is 79.5 Å². The van der Waals surface area contributed by atoms with E-state index in [-0.39, 0.29) is 11.9 Å². The largest absolute Gasteiger partial charge is 0.393 e. The zero-order valence-electron chi connectivity index (χ0n) is 17.4. The van der Waals surface area contributed by atoms with E-state index in [1.54, 1.807) is 13.0 Å². The summed E-state index contributed by atoms with van der Waals surface area (Å²) in [5.74, 6) is -0.233. The summed E-state index contributed by atoms with van der Waals surface area (Å²) in [5, 5.41) is 9.27. The van der Waals surface area contributed by atoms with Crippen LogP contribution in [-0.2, 0) is 6.42 Å². The van der Waals surface area contributed by atoms with E-state index < -0.39 is 0 Å². The van der Waals surface area contributed by atoms with Crippen LogP contribution in [0, 0.1) is 5.82 Å². The van der Waals surface area contributed by atoms with E-state index in [2.05, 4.69) is 17.6 Å². The molecule has 0 aliphatic carbocycles. The molecule has 1 N–H and O–H groups in total. The molecule has 3 aromatic rings. The van der Waals surface area contributed by atoms with E-state index in [9.17, 15) is 9.50 Å². The molecule has 2 nitrogen and oxygen atoms in total. The smallest absolute Gasteiger partial charge is 0.131 e. The summed E-state index contributed by atoms with van der Waals surface area (Å²) in [7, 11) is 0. The molecule has 3 heteroatoms. The van der Waals surface area contributed by atoms with Crippen molar-refractivity contribution in [3.63, 3.8) is 0 Å². The van der Waals surface area contributed by atoms with Crippen molar-refractivity contribution in [2.24, 2.45) is 0 Å². The van der Waals surface area contributed by atoms with Gasteiger partial charge in [0.25, 0.3) is 0 Å². The first kappa shape index (κ1) is 21.7. The molecular formula is C27H28FNO. The molecule has 2 aromatic carbocycles. The summed E-state index contributed by atoms with van der Waals surface area (Å²) in [6.45, 7) is 5.53. The van der Waals surface area contributed by atoms with E-state index in [1.165, 1.54) is 0 Å². The number of rotatable bonds is 9. The van der Waals surface area contributed by atoms with Crippen LogP contribution in [-0.4, -0.2) is 16.2 Å². The molecule has 0 saturated carbocycles. The second kappa shape index (κ2) is 10.7. The number of aliphatic hydroxyl groups is 1. The van der Waals surface area contributed by atoms with Crippen molar-refractivity contribution in [2.75, 3.05) is 0 Å². The lowest BCUT2D eigenvalue weighted by atomic mass is 10.0. The lowest BCUT2D eigenvalue weighted by Crippen LogP contribution is -1.97. The topological polar surface area (TPSA) is 33.1 Å². The number of benzene rings is 2. The Morgan fingerprint density at radius 1 is 1.03 bits per heavy atom. The number of halogens is 1. The lowest BCUT2D eigenvalue weighted by molar-refractivity contribution is 0.182. The van der Waals surface area contributed by atoms with Crippen molar-refractivity contribution >= 4 is 6.08 Å². The standard InChI is InChI=1S/C27H28FNO/c1-3-7-21-10-17-27(29-19-21)24-14-11-22(12-15-24)25-16-13-23(26(28)18-25)9-6-4-5-8-20(2)30/h3,6,9-20,30H,1,4-5,7-8H2,2H3/b9-6+. The van der Waals surface area contributed by atoms with Gasteiger partial charge in [0.1, 0.15) is 5.82 Å². The van der Waals surface area contributed by atoms with Crippen LogP contribution < -0.4 is 0 Å². The molecule has 0 amide bonds. The molecule has 0 radical (unpaired) electrons. The Bertz CT molecular complexity index is 988. The third-order valence-electron chi connectivity index (χ3n) is 5.01. The number of aromatic nitrogens is 1. The maximum Gasteiger partial charge on any atom is 0.131 e. The zero-order chi connectivity index (χ0) is 21.3. The van der Waals surface area contributed by atoms with Crippen LogP contribution in [0.5, 0.6) is 0 Å². The number of nitrogens with zero attached hydrogens (tertiary/aromatic N) is 1. The minimum absolute atomic E-state index is 0.233. The molecule has 1 aromatic heterocycles. The molecule has 0 spiro atoms. The van der Waals surface area contributed by atoms with Gasteiger partial charge in [-0.1, -0.05) is 60.7 Å². The molecule has 0 fully saturated rings. The third-order valence-corrected chi connectivity index (χ3v) is 5.01. The van der Waals surface area contributed by atoms with Crippen molar-refractivity contribution in [3.8, 4) is 22.4 Å². The average molecular weight is 402 g/mol. The van der Waals surface area contributed by atoms with Gasteiger partial charge in [-0.2, -0.15) is 0 Å². The molecule has 3 rings (SSSR count). The fourth-order valence-electron chi connectivity index (χ4n) is 3.30. The molecule has 0 bridgehead atoms. The molecule has 0 saturated heterocycles. The lowest BCUT2D eigenvalue weighted by Gasteiger charge is -2.07. The van der Waals surface area contributed by atoms with E-state index in [0.29, 0.717) is 5.56 Å². The predicted molar refractivity (Wildman–Crippen MR) is 124 cm³/mol. The molecule has 1 unspecified atom stereocenters. The van der Waals surface area contributed by atoms with Crippen LogP contribution >= 0.6 is 0 Å². The quantitative estimate of drug-likeness (QED) is 0.314. The number of hydrogen-bond acceptors (Lipinski definition) is 2. The number of unbranched alkanes of at least 4 members (excludes halogenated alkanes) is 1. The predicted octanol–water partition coefficient (Wildman–Crippen LogP) is 6.85. The van der Waals surface area contributed by atoms with Gasteiger partial charge in [-0.3, -0.25) is 4.98 Å². The molecule has 0 aliphatic rings. The van der Waals surface area contributed by atoms with Gasteiger partial charge in [-0.25, -0.2) is 4.39 Å². The Labute approximate surface area is 178 Å². The van der Waals surface area contributed by atoms with Gasteiger partial charge in [0.2, 0.25) is 0 Å². The van der Waals surface area contributed by atoms with E-state index in [1.807, 2.05) is 66.9 Å². The second-order valence-corrected chi connectivity index (χ2v) is 7.54. The monoisotopic (exact) mass is 401 g/mol. The highest BCUT2D eigenvalue weighted by molar-refractivity contribution is 5.70. The highest BCUT2D eigenvalue weighted by Crippen LogP contribution is 2.26. The summed E-state index contributed by atoms with van der Waals surface area (Å²) in [6.07, 6.45) is 10.5. The number of hydrogen-bond donors (Lipinski definition) is 1. The Morgan fingerprint density at radius 3 is 2.40 bits per heavy atom. The van der Waals surface area contributed by atoms with Gasteiger partial charge in [0.15, 0.2) is 0 Å². The second-order valence-electron chi connectivity index (χ2n) is 7.54. The molecular weight excluding hydrogens is 373 g/mol.